The summed E-state index contributed by atoms with van der Waals surface area (Å²) < 4.78 is 4.86. The van der Waals surface area contributed by atoms with E-state index < -0.39 is 0 Å². The second kappa shape index (κ2) is 4.06. The van der Waals surface area contributed by atoms with Gasteiger partial charge in [-0.3, -0.25) is 0 Å². The molecular formula is C4H8AtClO. The first-order valence-corrected chi connectivity index (χ1v) is 2.64. The number of epoxide rings is 1. The molecule has 1 nitrogen and oxygen atoms in total. The summed E-state index contributed by atoms with van der Waals surface area (Å²) in [4.78, 5) is 0. The van der Waals surface area contributed by atoms with Crippen molar-refractivity contribution in [3.05, 3.63) is 0 Å². The van der Waals surface area contributed by atoms with Crippen molar-refractivity contribution in [3.63, 3.8) is 0 Å². The van der Waals surface area contributed by atoms with Crippen molar-refractivity contribution in [2.24, 2.45) is 0 Å². The molecule has 0 aromatic heterocycles. The van der Waals surface area contributed by atoms with Crippen LogP contribution in [0.3, 0.4) is 0 Å². The van der Waals surface area contributed by atoms with Gasteiger partial charge in [-0.05, 0) is 6.42 Å². The van der Waals surface area contributed by atoms with E-state index in [4.69, 9.17) is 16.3 Å². The van der Waals surface area contributed by atoms with Gasteiger partial charge in [-0.25, -0.2) is 0 Å². The van der Waals surface area contributed by atoms with Gasteiger partial charge in [-0.1, -0.05) is 0 Å². The first-order valence-electron chi connectivity index (χ1n) is 2.11. The second-order valence-corrected chi connectivity index (χ2v) is 1.81. The third-order valence-corrected chi connectivity index (χ3v) is 1.05. The van der Waals surface area contributed by atoms with Gasteiger partial charge in [-0.2, -0.15) is 0 Å². The second-order valence-electron chi connectivity index (χ2n) is 1.43. The standard InChI is InChI=1S/C4H7ClO.AtH/c5-2-1-4-3-6-4;/h4H,1-3H2;1H. The maximum absolute atomic E-state index is 5.36. The van der Waals surface area contributed by atoms with Gasteiger partial charge in [0.2, 0.25) is 0 Å². The zero-order valence-corrected chi connectivity index (χ0v) is 7.82. The molecule has 0 aliphatic carbocycles. The fourth-order valence-electron chi connectivity index (χ4n) is 0.356. The molecule has 0 radical (unpaired) electrons. The summed E-state index contributed by atoms with van der Waals surface area (Å²) in [5.74, 6) is 0.741. The summed E-state index contributed by atoms with van der Waals surface area (Å²) in [6, 6.07) is 0. The summed E-state index contributed by atoms with van der Waals surface area (Å²) in [6.07, 6.45) is 1.55. The Labute approximate surface area is 67.5 Å². The number of hydrogen-bond acceptors (Lipinski definition) is 1. The van der Waals surface area contributed by atoms with Crippen molar-refractivity contribution < 1.29 is 30.9 Å². The molecule has 0 amide bonds. The van der Waals surface area contributed by atoms with Crippen LogP contribution in [0.15, 0.2) is 0 Å². The van der Waals surface area contributed by atoms with Crippen molar-refractivity contribution >= 4 is 11.6 Å². The van der Waals surface area contributed by atoms with Crippen LogP contribution in [0.25, 0.3) is 0 Å². The Morgan fingerprint density at radius 2 is 2.29 bits per heavy atom. The van der Waals surface area contributed by atoms with E-state index in [2.05, 4.69) is 0 Å². The van der Waals surface area contributed by atoms with Gasteiger partial charge in [0.05, 0.1) is 12.7 Å². The van der Waals surface area contributed by atoms with Crippen LogP contribution in [0.4, 0.5) is 0 Å². The van der Waals surface area contributed by atoms with E-state index in [1.54, 1.807) is 0 Å². The van der Waals surface area contributed by atoms with Crippen LogP contribution in [-0.2, 0) is 4.74 Å². The van der Waals surface area contributed by atoms with Crippen LogP contribution in [-0.4, -0.2) is 18.6 Å². The van der Waals surface area contributed by atoms with E-state index in [1.165, 1.54) is 0 Å². The topological polar surface area (TPSA) is 12.5 Å². The molecule has 0 aromatic carbocycles. The van der Waals surface area contributed by atoms with Crippen molar-refractivity contribution in [3.8, 4) is 0 Å². The molecule has 7 heavy (non-hydrogen) atoms. The average molecular weight is 318 g/mol. The van der Waals surface area contributed by atoms with Crippen molar-refractivity contribution in [1.82, 2.24) is 0 Å². The van der Waals surface area contributed by atoms with Crippen molar-refractivity contribution in [1.29, 1.82) is 0 Å². The Bertz CT molecular complexity index is 47.0. The minimum atomic E-state index is 0. The maximum atomic E-state index is 5.36. The Morgan fingerprint density at radius 1 is 1.71 bits per heavy atom. The third-order valence-electron chi connectivity index (χ3n) is 0.833. The number of rotatable bonds is 2. The summed E-state index contributed by atoms with van der Waals surface area (Å²) in [7, 11) is 0. The zero-order valence-electron chi connectivity index (χ0n) is 3.89. The van der Waals surface area contributed by atoms with Gasteiger partial charge < -0.3 is 4.74 Å². The third kappa shape index (κ3) is 3.69. The van der Waals surface area contributed by atoms with Gasteiger partial charge in [0, 0.05) is 5.88 Å². The predicted molar refractivity (Wildman–Crippen MR) is 26.5 cm³/mol. The van der Waals surface area contributed by atoms with E-state index >= 15 is 0 Å². The molecule has 0 spiro atoms. The molecule has 1 unspecified atom stereocenters. The summed E-state index contributed by atoms with van der Waals surface area (Å²) in [6.45, 7) is 0.937. The van der Waals surface area contributed by atoms with Gasteiger partial charge in [0.1, 0.15) is 0 Å². The van der Waals surface area contributed by atoms with Crippen molar-refractivity contribution in [2.75, 3.05) is 12.5 Å². The molecule has 1 aliphatic rings. The molecule has 1 heterocycles. The quantitative estimate of drug-likeness (QED) is 0.541. The van der Waals surface area contributed by atoms with Gasteiger partial charge >= 0.3 is 26.2 Å². The number of ether oxygens (including phenoxy) is 1. The number of hydrogen-bond donors (Lipinski definition) is 0. The van der Waals surface area contributed by atoms with E-state index in [9.17, 15) is 0 Å². The SMILES string of the molecule is ClCCC1CO1.[AtH]. The Morgan fingerprint density at radius 3 is 2.43 bits per heavy atom. The average Bonchev–Trinajstić information content (AvgIpc) is 2.21. The molecule has 1 fully saturated rings. The van der Waals surface area contributed by atoms with Crippen LogP contribution < -0.4 is 0 Å². The summed E-state index contributed by atoms with van der Waals surface area (Å²) in [5, 5.41) is 0. The van der Waals surface area contributed by atoms with Gasteiger partial charge in [0.15, 0.2) is 0 Å². The molecule has 1 saturated heterocycles. The molecule has 44 valence electrons. The minimum absolute atomic E-state index is 0. The Balaban J connectivity index is 0.000000360. The van der Waals surface area contributed by atoms with Crippen LogP contribution in [0.1, 0.15) is 6.42 Å². The molecule has 0 aromatic rings. The van der Waals surface area contributed by atoms with E-state index in [1.807, 2.05) is 0 Å². The van der Waals surface area contributed by atoms with Crippen LogP contribution >= 0.6 is 11.6 Å². The first kappa shape index (κ1) is 8.13. The van der Waals surface area contributed by atoms with Crippen LogP contribution in [0, 0.1) is 26.2 Å². The Kier molecular flexibility index (Phi) is 4.71. The summed E-state index contributed by atoms with van der Waals surface area (Å²) in [5.41, 5.74) is 0. The van der Waals surface area contributed by atoms with Crippen molar-refractivity contribution in [2.45, 2.75) is 12.5 Å². The molecule has 1 rings (SSSR count). The van der Waals surface area contributed by atoms with Crippen LogP contribution in [0.5, 0.6) is 0 Å². The van der Waals surface area contributed by atoms with Gasteiger partial charge in [0.25, 0.3) is 0 Å². The predicted octanol–water partition coefficient (Wildman–Crippen LogP) is 0.746. The van der Waals surface area contributed by atoms with E-state index in [0.29, 0.717) is 6.10 Å². The normalized spacial score (nSPS) is 26.1. The monoisotopic (exact) mass is 317 g/mol. The molecule has 0 saturated carbocycles. The molecule has 0 N–H and O–H groups in total. The fourth-order valence-corrected chi connectivity index (χ4v) is 0.600. The molecule has 1 atom stereocenters. The Hall–Kier alpha value is 1.13. The van der Waals surface area contributed by atoms with Gasteiger partial charge in [-0.15, -0.1) is 11.6 Å². The number of alkyl halides is 1. The number of halogens is 1. The molecular weight excluding hydrogens is 309 g/mol. The van der Waals surface area contributed by atoms with Crippen LogP contribution in [0.2, 0.25) is 0 Å². The zero-order chi connectivity index (χ0) is 4.41. The molecule has 0 bridgehead atoms. The fraction of sp³-hybridized carbons (Fsp3) is 1.00. The molecule has 3 heteroatoms. The molecule has 1 aliphatic heterocycles. The van der Waals surface area contributed by atoms with E-state index in [0.717, 1.165) is 18.9 Å². The summed E-state index contributed by atoms with van der Waals surface area (Å²) >= 11 is 5.36. The first-order chi connectivity index (χ1) is 2.93. The van der Waals surface area contributed by atoms with E-state index in [-0.39, 0.29) is 26.2 Å².